The molecule has 0 aromatic carbocycles. The molecule has 4 aliphatic carbocycles. The first-order valence-electron chi connectivity index (χ1n) is 23.8. The number of ketones is 2. The second-order valence-electron chi connectivity index (χ2n) is 20.3. The van der Waals surface area contributed by atoms with Crippen LogP contribution < -0.4 is 16.4 Å². The quantitative estimate of drug-likeness (QED) is 0.0968. The first kappa shape index (κ1) is 44.9. The van der Waals surface area contributed by atoms with Crippen LogP contribution >= 0.6 is 0 Å². The van der Waals surface area contributed by atoms with Crippen LogP contribution in [0.25, 0.3) is 0 Å². The number of fused-ring (bicyclic) bond motifs is 2. The molecule has 328 valence electrons. The smallest absolute Gasteiger partial charge is 0.176 e. The van der Waals surface area contributed by atoms with Crippen LogP contribution in [0.3, 0.4) is 0 Å². The van der Waals surface area contributed by atoms with Crippen molar-refractivity contribution in [2.24, 2.45) is 69.4 Å². The van der Waals surface area contributed by atoms with E-state index in [1.54, 1.807) is 7.11 Å². The van der Waals surface area contributed by atoms with Crippen LogP contribution in [0, 0.1) is 77.1 Å². The number of ether oxygens (including phenoxy) is 1. The molecule has 3 saturated carbocycles. The second-order valence-corrected chi connectivity index (χ2v) is 20.3. The molecule has 0 radical (unpaired) electrons. The van der Waals surface area contributed by atoms with Crippen molar-refractivity contribution in [3.63, 3.8) is 0 Å². The fraction of sp³-hybridized carbons (Fsp3) is 0.833. The van der Waals surface area contributed by atoms with Gasteiger partial charge in [0.15, 0.2) is 12.0 Å². The number of carbonyl (C=O) groups excluding carboxylic acids is 2. The molecule has 7 aliphatic rings. The van der Waals surface area contributed by atoms with Crippen LogP contribution in [0.4, 0.5) is 0 Å². The number of rotatable bonds is 15. The van der Waals surface area contributed by atoms with Gasteiger partial charge in [-0.05, 0) is 126 Å². The highest BCUT2D eigenvalue weighted by molar-refractivity contribution is 5.89. The van der Waals surface area contributed by atoms with E-state index in [1.807, 2.05) is 12.8 Å². The van der Waals surface area contributed by atoms with E-state index in [-0.39, 0.29) is 48.3 Å². The number of allylic oxidation sites excluding steroid dienone is 1. The number of nitrogens with two attached hydrogens (primary N) is 3. The van der Waals surface area contributed by atoms with Gasteiger partial charge < -0.3 is 35.8 Å². The van der Waals surface area contributed by atoms with Gasteiger partial charge in [0, 0.05) is 63.1 Å². The maximum Gasteiger partial charge on any atom is 0.176 e. The van der Waals surface area contributed by atoms with Gasteiger partial charge in [-0.1, -0.05) is 11.8 Å². The van der Waals surface area contributed by atoms with Crippen LogP contribution in [-0.2, 0) is 14.3 Å². The van der Waals surface area contributed by atoms with Crippen LogP contribution in [0.1, 0.15) is 128 Å². The summed E-state index contributed by atoms with van der Waals surface area (Å²) < 4.78 is 5.73. The number of hydrogen-bond donors (Lipinski definition) is 7. The lowest BCUT2D eigenvalue weighted by atomic mass is 9.62. The van der Waals surface area contributed by atoms with E-state index in [2.05, 4.69) is 33.5 Å². The Balaban J connectivity index is 1.02. The Morgan fingerprint density at radius 3 is 2.61 bits per heavy atom. The van der Waals surface area contributed by atoms with Crippen molar-refractivity contribution in [1.82, 2.24) is 0 Å². The lowest BCUT2D eigenvalue weighted by Gasteiger charge is -2.43. The Morgan fingerprint density at radius 2 is 1.83 bits per heavy atom. The lowest BCUT2D eigenvalue weighted by molar-refractivity contribution is -0.712. The first-order valence-corrected chi connectivity index (χ1v) is 23.8. The molecular weight excluding hydrogens is 745 g/mol. The minimum Gasteiger partial charge on any atom is -0.396 e. The van der Waals surface area contributed by atoms with Gasteiger partial charge in [-0.15, -0.1) is 4.99 Å². The van der Waals surface area contributed by atoms with Crippen molar-refractivity contribution in [2.75, 3.05) is 26.8 Å². The molecule has 11 heteroatoms. The zero-order chi connectivity index (χ0) is 41.5. The van der Waals surface area contributed by atoms with Crippen LogP contribution in [0.5, 0.6) is 0 Å². The van der Waals surface area contributed by atoms with Gasteiger partial charge in [-0.25, -0.2) is 0 Å². The summed E-state index contributed by atoms with van der Waals surface area (Å²) in [5.41, 5.74) is 6.57. The molecule has 7 unspecified atom stereocenters. The molecule has 5 fully saturated rings. The van der Waals surface area contributed by atoms with E-state index >= 15 is 0 Å². The first-order chi connectivity index (χ1) is 28.5. The third-order valence-electron chi connectivity index (χ3n) is 16.7. The summed E-state index contributed by atoms with van der Waals surface area (Å²) >= 11 is 0. The summed E-state index contributed by atoms with van der Waals surface area (Å²) in [5, 5.41) is 49.2. The highest BCUT2D eigenvalue weighted by Crippen LogP contribution is 2.48. The third-order valence-corrected chi connectivity index (χ3v) is 16.7. The predicted octanol–water partition coefficient (Wildman–Crippen LogP) is 2.59. The van der Waals surface area contributed by atoms with Crippen molar-refractivity contribution in [3.8, 4) is 11.8 Å². The minimum absolute atomic E-state index is 0.0575. The van der Waals surface area contributed by atoms with Crippen molar-refractivity contribution >= 4 is 17.8 Å². The van der Waals surface area contributed by atoms with Crippen LogP contribution in [0.2, 0.25) is 0 Å². The van der Waals surface area contributed by atoms with E-state index in [1.165, 1.54) is 5.57 Å². The van der Waals surface area contributed by atoms with E-state index in [4.69, 9.17) is 10.5 Å². The number of carbonyl (C=O) groups is 2. The van der Waals surface area contributed by atoms with Crippen molar-refractivity contribution in [1.29, 1.82) is 0 Å². The number of piperidine rings is 2. The van der Waals surface area contributed by atoms with Gasteiger partial charge in [0.25, 0.3) is 0 Å². The van der Waals surface area contributed by atoms with Gasteiger partial charge >= 0.3 is 0 Å². The summed E-state index contributed by atoms with van der Waals surface area (Å²) in [6.07, 6.45) is 17.3. The van der Waals surface area contributed by atoms with E-state index in [0.717, 1.165) is 70.9 Å². The van der Waals surface area contributed by atoms with Gasteiger partial charge in [0.2, 0.25) is 0 Å². The lowest BCUT2D eigenvalue weighted by Crippen LogP contribution is -2.96. The number of Topliss-reactive ketones (excluding diaryl/α,β-unsaturated/α-hetero) is 2. The molecule has 10 N–H and O–H groups in total. The largest absolute Gasteiger partial charge is 0.396 e. The maximum absolute atomic E-state index is 14.4. The summed E-state index contributed by atoms with van der Waals surface area (Å²) in [4.78, 5) is 30.8. The fourth-order valence-electron chi connectivity index (χ4n) is 13.1. The zero-order valence-electron chi connectivity index (χ0n) is 35.8. The zero-order valence-corrected chi connectivity index (χ0v) is 35.8. The van der Waals surface area contributed by atoms with Crippen molar-refractivity contribution < 1.29 is 45.4 Å². The summed E-state index contributed by atoms with van der Waals surface area (Å²) in [6, 6.07) is 0.419. The Bertz CT molecular complexity index is 1540. The van der Waals surface area contributed by atoms with Gasteiger partial charge in [-0.3, -0.25) is 15.3 Å². The summed E-state index contributed by atoms with van der Waals surface area (Å²) in [5.74, 6) is 10.5. The van der Waals surface area contributed by atoms with Gasteiger partial charge in [0.1, 0.15) is 29.5 Å². The Morgan fingerprint density at radius 1 is 1.00 bits per heavy atom. The van der Waals surface area contributed by atoms with E-state index in [9.17, 15) is 30.0 Å². The average Bonchev–Trinajstić information content (AvgIpc) is 3.76. The normalized spacial score (nSPS) is 41.0. The number of nitrogens with zero attached hydrogens (tertiary/aromatic N) is 1. The van der Waals surface area contributed by atoms with Crippen molar-refractivity contribution in [2.45, 2.75) is 165 Å². The molecule has 0 bridgehead atoms. The van der Waals surface area contributed by atoms with E-state index < -0.39 is 23.7 Å². The van der Waals surface area contributed by atoms with E-state index in [0.29, 0.717) is 112 Å². The summed E-state index contributed by atoms with van der Waals surface area (Å²) in [6.45, 7) is 4.04. The average molecular weight is 822 g/mol. The number of aliphatic imine (C=N–C) groups is 1. The van der Waals surface area contributed by atoms with Crippen molar-refractivity contribution in [3.05, 3.63) is 18.2 Å². The van der Waals surface area contributed by atoms with Gasteiger partial charge in [0.05, 0.1) is 56.0 Å². The Hall–Kier alpha value is -2.14. The molecule has 3 aliphatic heterocycles. The molecule has 0 aromatic rings. The molecule has 59 heavy (non-hydrogen) atoms. The molecule has 3 heterocycles. The van der Waals surface area contributed by atoms with Gasteiger partial charge in [-0.2, -0.15) is 0 Å². The maximum atomic E-state index is 14.4. The van der Waals surface area contributed by atoms with Crippen LogP contribution in [-0.4, -0.2) is 102 Å². The molecule has 11 nitrogen and oxygen atoms in total. The minimum atomic E-state index is -1.09. The SMILES string of the molecule is COC1CC2CCC(=O)[C@@]3(C#C[C@H](CC[C@H](O)CCC4CC(N)[NH2+]CC4CC4=C[CH+]N=C4)C2CC1O)CC[C@@H](C[C@H](CCCO)[C@@H]1C[NH2+][C@@H]2CC(=O)CC[C@H]2C1)C[C@H]3O. The summed E-state index contributed by atoms with van der Waals surface area (Å²) in [7, 11) is 1.65. The number of aliphatic hydroxyl groups excluding tert-OH is 4. The fourth-order valence-corrected chi connectivity index (χ4v) is 13.1. The molecule has 0 aromatic heterocycles. The topological polar surface area (TPSA) is 196 Å². The number of aliphatic hydroxyl groups is 4. The monoisotopic (exact) mass is 822 g/mol. The van der Waals surface area contributed by atoms with Crippen LogP contribution in [0.15, 0.2) is 16.6 Å². The molecular formula is C48H77N4O7+3. The number of methoxy groups -OCH3 is 1. The predicted molar refractivity (Wildman–Crippen MR) is 226 cm³/mol. The highest BCUT2D eigenvalue weighted by Gasteiger charge is 2.50. The standard InChI is InChI=1S/C48H75N4O7/c1-59-44-23-35-7-11-45(57)48(15-12-30(21-46(48)58)19-33(3-2-18-53)38-22-36-6-10-40(55)25-42(36)51-28-38)16-13-32(41(35)26-43(44)56)4-8-39(54)9-5-34-24-47(49)52-29-37(34)20-31-14-17-50-27-31/h14,17,27,30,32-39,41-44,46-47,51-54,56,58H,2-12,15,18-26,28-29,49H2,1H3/q+1/p+2/t30-,32-,33-,34?,35?,36-,37?,38-,39-,41?,42+,43?,44?,46+,47?,48-/m0/s1. The molecule has 2 saturated heterocycles. The third kappa shape index (κ3) is 11.1. The molecule has 16 atom stereocenters. The Kier molecular flexibility index (Phi) is 15.8. The number of quaternary nitrogens is 2. The molecule has 0 amide bonds. The second kappa shape index (κ2) is 20.8. The highest BCUT2D eigenvalue weighted by atomic mass is 16.5. The number of hydrogen-bond acceptors (Lipinski definition) is 9. The molecule has 1 spiro atoms. The molecule has 7 rings (SSSR count). The Labute approximate surface area is 353 Å².